The first-order chi connectivity index (χ1) is 12.4. The number of hydrogen-bond donors (Lipinski definition) is 0. The summed E-state index contributed by atoms with van der Waals surface area (Å²) in [6, 6.07) is 3.71. The number of rotatable bonds is 4. The molecule has 0 aliphatic carbocycles. The quantitative estimate of drug-likeness (QED) is 0.718. The molecule has 1 aromatic carbocycles. The zero-order valence-corrected chi connectivity index (χ0v) is 15.9. The molecule has 6 heteroatoms. The lowest BCUT2D eigenvalue weighted by atomic mass is 10.1. The minimum Gasteiger partial charge on any atom is -0.307 e. The van der Waals surface area contributed by atoms with Crippen LogP contribution in [-0.4, -0.2) is 16.8 Å². The summed E-state index contributed by atoms with van der Waals surface area (Å²) in [5, 5.41) is 0. The van der Waals surface area contributed by atoms with Crippen LogP contribution in [0.15, 0.2) is 37.1 Å². The SMILES string of the molecule is C=Cc1c(C)nc(C)nc1N(C(=C)C)c1c(F)cccc1F.C=O.CC. The summed E-state index contributed by atoms with van der Waals surface area (Å²) in [6.45, 7) is 18.7. The van der Waals surface area contributed by atoms with E-state index in [-0.39, 0.29) is 5.69 Å². The van der Waals surface area contributed by atoms with E-state index < -0.39 is 11.6 Å². The second-order valence-corrected chi connectivity index (χ2v) is 4.94. The van der Waals surface area contributed by atoms with E-state index in [1.165, 1.54) is 23.1 Å². The Kier molecular flexibility index (Phi) is 9.66. The fourth-order valence-corrected chi connectivity index (χ4v) is 2.29. The van der Waals surface area contributed by atoms with Gasteiger partial charge in [-0.15, -0.1) is 0 Å². The van der Waals surface area contributed by atoms with E-state index in [1.807, 2.05) is 20.6 Å². The van der Waals surface area contributed by atoms with E-state index in [0.29, 0.717) is 28.6 Å². The van der Waals surface area contributed by atoms with Crippen molar-refractivity contribution in [3.8, 4) is 0 Å². The number of halogens is 2. The van der Waals surface area contributed by atoms with Gasteiger partial charge in [0.1, 0.15) is 35.8 Å². The molecule has 0 aliphatic heterocycles. The van der Waals surface area contributed by atoms with Gasteiger partial charge < -0.3 is 4.79 Å². The Balaban J connectivity index is 0.00000146. The molecule has 0 saturated carbocycles. The Bertz CT molecular complexity index is 756. The Morgan fingerprint density at radius 3 is 2.04 bits per heavy atom. The van der Waals surface area contributed by atoms with Gasteiger partial charge in [0.2, 0.25) is 0 Å². The van der Waals surface area contributed by atoms with Gasteiger partial charge >= 0.3 is 0 Å². The third-order valence-electron chi connectivity index (χ3n) is 3.19. The van der Waals surface area contributed by atoms with Crippen molar-refractivity contribution in [3.05, 3.63) is 65.8 Å². The summed E-state index contributed by atoms with van der Waals surface area (Å²) in [6.07, 6.45) is 1.57. The second kappa shape index (κ2) is 10.9. The molecule has 26 heavy (non-hydrogen) atoms. The largest absolute Gasteiger partial charge is 0.307 e. The van der Waals surface area contributed by atoms with Crippen LogP contribution in [0.2, 0.25) is 0 Å². The maximum absolute atomic E-state index is 14.2. The van der Waals surface area contributed by atoms with E-state index in [2.05, 4.69) is 23.1 Å². The minimum atomic E-state index is -0.688. The Morgan fingerprint density at radius 2 is 1.62 bits per heavy atom. The van der Waals surface area contributed by atoms with Gasteiger partial charge in [-0.25, -0.2) is 18.7 Å². The molecule has 140 valence electrons. The first kappa shape index (κ1) is 23.1. The summed E-state index contributed by atoms with van der Waals surface area (Å²) >= 11 is 0. The molecule has 0 spiro atoms. The van der Waals surface area contributed by atoms with Gasteiger partial charge in [0.05, 0.1) is 5.69 Å². The number of para-hydroxylation sites is 1. The smallest absolute Gasteiger partial charge is 0.150 e. The van der Waals surface area contributed by atoms with Crippen molar-refractivity contribution in [2.45, 2.75) is 34.6 Å². The van der Waals surface area contributed by atoms with Crippen molar-refractivity contribution in [1.82, 2.24) is 9.97 Å². The first-order valence-electron chi connectivity index (χ1n) is 8.03. The highest BCUT2D eigenvalue weighted by atomic mass is 19.1. The van der Waals surface area contributed by atoms with Crippen LogP contribution in [0.4, 0.5) is 20.3 Å². The van der Waals surface area contributed by atoms with Crippen LogP contribution in [0, 0.1) is 25.5 Å². The maximum Gasteiger partial charge on any atom is 0.150 e. The predicted molar refractivity (Wildman–Crippen MR) is 103 cm³/mol. The molecule has 2 aromatic rings. The fourth-order valence-electron chi connectivity index (χ4n) is 2.29. The van der Waals surface area contributed by atoms with Crippen LogP contribution in [0.1, 0.15) is 37.9 Å². The van der Waals surface area contributed by atoms with Crippen LogP contribution in [0.3, 0.4) is 0 Å². The molecule has 4 nitrogen and oxygen atoms in total. The molecule has 0 atom stereocenters. The number of hydrogen-bond acceptors (Lipinski definition) is 4. The molecule has 1 aromatic heterocycles. The zero-order chi connectivity index (χ0) is 20.4. The summed E-state index contributed by atoms with van der Waals surface area (Å²) in [5.41, 5.74) is 1.51. The zero-order valence-electron chi connectivity index (χ0n) is 15.9. The van der Waals surface area contributed by atoms with Crippen molar-refractivity contribution < 1.29 is 13.6 Å². The van der Waals surface area contributed by atoms with Crippen molar-refractivity contribution in [2.75, 3.05) is 4.90 Å². The predicted octanol–water partition coefficient (Wildman–Crippen LogP) is 5.53. The lowest BCUT2D eigenvalue weighted by Crippen LogP contribution is -2.20. The van der Waals surface area contributed by atoms with Crippen LogP contribution >= 0.6 is 0 Å². The number of carbonyl (C=O) groups is 1. The van der Waals surface area contributed by atoms with Gasteiger partial charge in [-0.1, -0.05) is 39.1 Å². The maximum atomic E-state index is 14.2. The molecule has 0 saturated heterocycles. The average Bonchev–Trinajstić information content (AvgIpc) is 2.61. The molecule has 0 radical (unpaired) electrons. The number of aromatic nitrogens is 2. The van der Waals surface area contributed by atoms with Crippen LogP contribution < -0.4 is 4.90 Å². The normalized spacial score (nSPS) is 9.19. The summed E-state index contributed by atoms with van der Waals surface area (Å²) < 4.78 is 28.4. The third-order valence-corrected chi connectivity index (χ3v) is 3.19. The lowest BCUT2D eigenvalue weighted by molar-refractivity contribution is -0.0979. The van der Waals surface area contributed by atoms with Crippen molar-refractivity contribution >= 4 is 24.4 Å². The van der Waals surface area contributed by atoms with E-state index in [1.54, 1.807) is 26.8 Å². The van der Waals surface area contributed by atoms with E-state index >= 15 is 0 Å². The molecule has 0 N–H and O–H groups in total. The van der Waals surface area contributed by atoms with Gasteiger partial charge in [-0.2, -0.15) is 0 Å². The number of benzene rings is 1. The fraction of sp³-hybridized carbons (Fsp3) is 0.250. The molecular weight excluding hydrogens is 336 g/mol. The molecule has 0 aliphatic rings. The Labute approximate surface area is 153 Å². The van der Waals surface area contributed by atoms with Gasteiger partial charge in [-0.05, 0) is 32.9 Å². The monoisotopic (exact) mass is 361 g/mol. The molecular formula is C20H25F2N3O. The standard InChI is InChI=1S/C17H17F2N3.C2H6.CH2O/c1-6-13-11(4)20-12(5)21-17(13)22(10(2)3)16-14(18)8-7-9-15(16)19;2*1-2/h6-9H,1-2H2,3-5H3;1-2H3;1H2. The van der Waals surface area contributed by atoms with Crippen LogP contribution in [-0.2, 0) is 4.79 Å². The van der Waals surface area contributed by atoms with Crippen LogP contribution in [0.5, 0.6) is 0 Å². The molecule has 0 unspecified atom stereocenters. The topological polar surface area (TPSA) is 46.1 Å². The van der Waals surface area contributed by atoms with Gasteiger partial charge in [0, 0.05) is 11.3 Å². The molecule has 0 amide bonds. The van der Waals surface area contributed by atoms with Gasteiger partial charge in [-0.3, -0.25) is 4.90 Å². The summed E-state index contributed by atoms with van der Waals surface area (Å²) in [7, 11) is 0. The minimum absolute atomic E-state index is 0.212. The second-order valence-electron chi connectivity index (χ2n) is 4.94. The molecule has 0 fully saturated rings. The number of aryl methyl sites for hydroxylation is 2. The summed E-state index contributed by atoms with van der Waals surface area (Å²) in [4.78, 5) is 17.9. The average molecular weight is 361 g/mol. The van der Waals surface area contributed by atoms with E-state index in [4.69, 9.17) is 4.79 Å². The molecule has 0 bridgehead atoms. The highest BCUT2D eigenvalue weighted by Gasteiger charge is 2.23. The Morgan fingerprint density at radius 1 is 1.12 bits per heavy atom. The molecule has 1 heterocycles. The summed E-state index contributed by atoms with van der Waals surface area (Å²) in [5.74, 6) is -0.517. The number of nitrogens with zero attached hydrogens (tertiary/aromatic N) is 3. The highest BCUT2D eigenvalue weighted by Crippen LogP contribution is 2.35. The number of allylic oxidation sites excluding steroid dienone is 1. The number of carbonyl (C=O) groups excluding carboxylic acids is 1. The third kappa shape index (κ3) is 5.05. The van der Waals surface area contributed by atoms with Crippen molar-refractivity contribution in [2.24, 2.45) is 0 Å². The highest BCUT2D eigenvalue weighted by molar-refractivity contribution is 5.75. The molecule has 2 rings (SSSR count). The Hall–Kier alpha value is -2.89. The van der Waals surface area contributed by atoms with Crippen LogP contribution in [0.25, 0.3) is 6.08 Å². The lowest BCUT2D eigenvalue weighted by Gasteiger charge is -2.27. The van der Waals surface area contributed by atoms with E-state index in [9.17, 15) is 8.78 Å². The van der Waals surface area contributed by atoms with Crippen molar-refractivity contribution in [3.63, 3.8) is 0 Å². The first-order valence-corrected chi connectivity index (χ1v) is 8.03. The number of anilines is 2. The van der Waals surface area contributed by atoms with Gasteiger partial charge in [0.15, 0.2) is 0 Å². The van der Waals surface area contributed by atoms with E-state index in [0.717, 1.165) is 0 Å². The van der Waals surface area contributed by atoms with Crippen molar-refractivity contribution in [1.29, 1.82) is 0 Å². The van der Waals surface area contributed by atoms with Gasteiger partial charge in [0.25, 0.3) is 0 Å².